The molecule has 0 atom stereocenters. The van der Waals surface area contributed by atoms with Crippen molar-refractivity contribution in [2.45, 2.75) is 26.8 Å². The molecule has 138 valence electrons. The lowest BCUT2D eigenvalue weighted by Gasteiger charge is -2.07. The number of carbonyl (C=O) groups is 2. The molecule has 0 radical (unpaired) electrons. The molecular formula is C21H22N4O2. The molecule has 0 fully saturated rings. The molecule has 1 heterocycles. The second-order valence-electron chi connectivity index (χ2n) is 6.17. The molecule has 1 aromatic heterocycles. The second kappa shape index (κ2) is 8.31. The largest absolute Gasteiger partial charge is 0.347 e. The molecule has 0 aliphatic heterocycles. The summed E-state index contributed by atoms with van der Waals surface area (Å²) in [5, 5.41) is 10.1. The number of nitrogens with zero attached hydrogens (tertiary/aromatic N) is 2. The number of rotatable bonds is 6. The smallest absolute Gasteiger partial charge is 0.272 e. The summed E-state index contributed by atoms with van der Waals surface area (Å²) >= 11 is 0. The predicted molar refractivity (Wildman–Crippen MR) is 105 cm³/mol. The molecule has 0 bridgehead atoms. The molecule has 6 nitrogen and oxygen atoms in total. The van der Waals surface area contributed by atoms with Crippen LogP contribution in [0.15, 0.2) is 60.7 Å². The van der Waals surface area contributed by atoms with Crippen molar-refractivity contribution in [3.8, 4) is 5.69 Å². The number of hydrogen-bond donors (Lipinski definition) is 2. The van der Waals surface area contributed by atoms with E-state index in [1.807, 2.05) is 61.5 Å². The fourth-order valence-electron chi connectivity index (χ4n) is 2.65. The first kappa shape index (κ1) is 18.4. The zero-order valence-corrected chi connectivity index (χ0v) is 15.4. The van der Waals surface area contributed by atoms with Crippen LogP contribution in [-0.2, 0) is 11.3 Å². The van der Waals surface area contributed by atoms with Crippen LogP contribution in [0.4, 0.5) is 5.82 Å². The Hall–Kier alpha value is -3.41. The zero-order chi connectivity index (χ0) is 19.2. The number of amides is 2. The Labute approximate surface area is 158 Å². The number of benzene rings is 2. The van der Waals surface area contributed by atoms with Crippen LogP contribution in [-0.4, -0.2) is 21.6 Å². The maximum atomic E-state index is 12.6. The van der Waals surface area contributed by atoms with E-state index in [1.165, 1.54) is 0 Å². The summed E-state index contributed by atoms with van der Waals surface area (Å²) in [6.45, 7) is 4.19. The van der Waals surface area contributed by atoms with Gasteiger partial charge in [0, 0.05) is 19.0 Å². The summed E-state index contributed by atoms with van der Waals surface area (Å²) in [6, 6.07) is 18.9. The number of aromatic nitrogens is 2. The minimum Gasteiger partial charge on any atom is -0.347 e. The molecule has 3 aromatic rings. The van der Waals surface area contributed by atoms with Gasteiger partial charge in [-0.2, -0.15) is 5.10 Å². The van der Waals surface area contributed by atoms with Crippen molar-refractivity contribution in [3.63, 3.8) is 0 Å². The Morgan fingerprint density at radius 1 is 1.04 bits per heavy atom. The lowest BCUT2D eigenvalue weighted by atomic mass is 10.1. The van der Waals surface area contributed by atoms with Gasteiger partial charge in [0.2, 0.25) is 5.91 Å². The summed E-state index contributed by atoms with van der Waals surface area (Å²) in [7, 11) is 0. The fourth-order valence-corrected chi connectivity index (χ4v) is 2.65. The highest BCUT2D eigenvalue weighted by Gasteiger charge is 2.16. The van der Waals surface area contributed by atoms with Gasteiger partial charge >= 0.3 is 0 Å². The van der Waals surface area contributed by atoms with E-state index in [0.29, 0.717) is 18.8 Å². The van der Waals surface area contributed by atoms with Crippen LogP contribution in [0.3, 0.4) is 0 Å². The van der Waals surface area contributed by atoms with Gasteiger partial charge in [0.15, 0.2) is 5.69 Å². The van der Waals surface area contributed by atoms with E-state index in [2.05, 4.69) is 15.7 Å². The number of anilines is 1. The van der Waals surface area contributed by atoms with E-state index >= 15 is 0 Å². The zero-order valence-electron chi connectivity index (χ0n) is 15.4. The lowest BCUT2D eigenvalue weighted by Crippen LogP contribution is -2.23. The van der Waals surface area contributed by atoms with Gasteiger partial charge < -0.3 is 10.6 Å². The molecule has 0 aliphatic carbocycles. The molecule has 6 heteroatoms. The van der Waals surface area contributed by atoms with E-state index in [0.717, 1.165) is 16.8 Å². The standard InChI is InChI=1S/C21H22N4O2/c1-3-20(26)23-19-13-18(24-25(19)17-11-5-4-6-12-17)21(27)22-14-16-10-8-7-9-15(16)2/h4-13H,3,14H2,1-2H3,(H,22,27)(H,23,26). The number of nitrogens with one attached hydrogen (secondary N) is 2. The monoisotopic (exact) mass is 362 g/mol. The van der Waals surface area contributed by atoms with Crippen LogP contribution in [0.5, 0.6) is 0 Å². The van der Waals surface area contributed by atoms with Gasteiger partial charge in [-0.15, -0.1) is 0 Å². The Morgan fingerprint density at radius 3 is 2.44 bits per heavy atom. The van der Waals surface area contributed by atoms with Crippen LogP contribution in [0.25, 0.3) is 5.69 Å². The number of para-hydroxylation sites is 1. The van der Waals surface area contributed by atoms with Gasteiger partial charge in [0.1, 0.15) is 5.82 Å². The Bertz CT molecular complexity index is 948. The van der Waals surface area contributed by atoms with Gasteiger partial charge in [0.05, 0.1) is 5.69 Å². The molecular weight excluding hydrogens is 340 g/mol. The van der Waals surface area contributed by atoms with Crippen molar-refractivity contribution in [3.05, 3.63) is 77.5 Å². The summed E-state index contributed by atoms with van der Waals surface area (Å²) < 4.78 is 1.57. The van der Waals surface area contributed by atoms with Crippen molar-refractivity contribution in [1.29, 1.82) is 0 Å². The third-order valence-electron chi connectivity index (χ3n) is 4.23. The average Bonchev–Trinajstić information content (AvgIpc) is 3.11. The van der Waals surface area contributed by atoms with Crippen LogP contribution < -0.4 is 10.6 Å². The van der Waals surface area contributed by atoms with Crippen LogP contribution in [0, 0.1) is 6.92 Å². The van der Waals surface area contributed by atoms with E-state index in [9.17, 15) is 9.59 Å². The van der Waals surface area contributed by atoms with E-state index < -0.39 is 0 Å². The molecule has 0 aliphatic rings. The van der Waals surface area contributed by atoms with Gasteiger partial charge in [0.25, 0.3) is 5.91 Å². The quantitative estimate of drug-likeness (QED) is 0.705. The topological polar surface area (TPSA) is 76.0 Å². The van der Waals surface area contributed by atoms with Gasteiger partial charge in [-0.3, -0.25) is 9.59 Å². The van der Waals surface area contributed by atoms with Gasteiger partial charge in [-0.1, -0.05) is 49.4 Å². The Balaban J connectivity index is 1.83. The van der Waals surface area contributed by atoms with Crippen LogP contribution >= 0.6 is 0 Å². The first-order valence-corrected chi connectivity index (χ1v) is 8.86. The minimum absolute atomic E-state index is 0.140. The second-order valence-corrected chi connectivity index (χ2v) is 6.17. The van der Waals surface area contributed by atoms with Crippen molar-refractivity contribution < 1.29 is 9.59 Å². The van der Waals surface area contributed by atoms with Crippen molar-refractivity contribution >= 4 is 17.6 Å². The molecule has 3 rings (SSSR count). The number of aryl methyl sites for hydroxylation is 1. The summed E-state index contributed by atoms with van der Waals surface area (Å²) in [5.74, 6) is 0.0352. The molecule has 0 saturated carbocycles. The van der Waals surface area contributed by atoms with Crippen molar-refractivity contribution in [2.75, 3.05) is 5.32 Å². The van der Waals surface area contributed by atoms with Crippen molar-refractivity contribution in [2.24, 2.45) is 0 Å². The molecule has 0 unspecified atom stereocenters. The van der Waals surface area contributed by atoms with Crippen molar-refractivity contribution in [1.82, 2.24) is 15.1 Å². The lowest BCUT2D eigenvalue weighted by molar-refractivity contribution is -0.115. The molecule has 27 heavy (non-hydrogen) atoms. The first-order valence-electron chi connectivity index (χ1n) is 8.86. The Morgan fingerprint density at radius 2 is 1.74 bits per heavy atom. The van der Waals surface area contributed by atoms with E-state index in [-0.39, 0.29) is 17.5 Å². The normalized spacial score (nSPS) is 10.4. The summed E-state index contributed by atoms with van der Waals surface area (Å²) in [6.07, 6.45) is 0.342. The van der Waals surface area contributed by atoms with Gasteiger partial charge in [-0.05, 0) is 30.2 Å². The maximum absolute atomic E-state index is 12.6. The highest BCUT2D eigenvalue weighted by atomic mass is 16.2. The molecule has 2 amide bonds. The van der Waals surface area contributed by atoms with E-state index in [4.69, 9.17) is 0 Å². The van der Waals surface area contributed by atoms with Gasteiger partial charge in [-0.25, -0.2) is 4.68 Å². The summed E-state index contributed by atoms with van der Waals surface area (Å²) in [5.41, 5.74) is 3.18. The number of hydrogen-bond acceptors (Lipinski definition) is 3. The molecule has 2 N–H and O–H groups in total. The third-order valence-corrected chi connectivity index (χ3v) is 4.23. The summed E-state index contributed by atoms with van der Waals surface area (Å²) in [4.78, 5) is 24.4. The number of carbonyl (C=O) groups excluding carboxylic acids is 2. The Kier molecular flexibility index (Phi) is 5.66. The first-order chi connectivity index (χ1) is 13.1. The fraction of sp³-hybridized carbons (Fsp3) is 0.190. The predicted octanol–water partition coefficient (Wildman–Crippen LogP) is 3.46. The third kappa shape index (κ3) is 4.41. The van der Waals surface area contributed by atoms with Crippen LogP contribution in [0.1, 0.15) is 35.0 Å². The molecule has 0 saturated heterocycles. The molecule has 0 spiro atoms. The molecule has 2 aromatic carbocycles. The minimum atomic E-state index is -0.292. The highest BCUT2D eigenvalue weighted by molar-refractivity contribution is 5.95. The van der Waals surface area contributed by atoms with E-state index in [1.54, 1.807) is 17.7 Å². The van der Waals surface area contributed by atoms with Crippen LogP contribution in [0.2, 0.25) is 0 Å². The average molecular weight is 362 g/mol. The highest BCUT2D eigenvalue weighted by Crippen LogP contribution is 2.18. The SMILES string of the molecule is CCC(=O)Nc1cc(C(=O)NCc2ccccc2C)nn1-c1ccccc1. The maximum Gasteiger partial charge on any atom is 0.272 e.